The summed E-state index contributed by atoms with van der Waals surface area (Å²) in [6.07, 6.45) is 0. The number of nitrogens with one attached hydrogen (secondary N) is 2. The predicted octanol–water partition coefficient (Wildman–Crippen LogP) is 4.49. The highest BCUT2D eigenvalue weighted by atomic mass is 16.1. The quantitative estimate of drug-likeness (QED) is 0.848. The maximum absolute atomic E-state index is 12.2. The fourth-order valence-corrected chi connectivity index (χ4v) is 2.10. The molecule has 0 aliphatic rings. The maximum atomic E-state index is 12.2. The first kappa shape index (κ1) is 15.1. The van der Waals surface area contributed by atoms with Gasteiger partial charge in [-0.2, -0.15) is 0 Å². The first-order valence-corrected chi connectivity index (χ1v) is 7.35. The molecule has 110 valence electrons. The number of amides is 1. The van der Waals surface area contributed by atoms with Gasteiger partial charge in [0.1, 0.15) is 0 Å². The van der Waals surface area contributed by atoms with Crippen LogP contribution in [0.2, 0.25) is 0 Å². The lowest BCUT2D eigenvalue weighted by Crippen LogP contribution is -2.11. The number of hydrogen-bond acceptors (Lipinski definition) is 2. The van der Waals surface area contributed by atoms with Gasteiger partial charge in [-0.15, -0.1) is 0 Å². The Hall–Kier alpha value is -2.29. The van der Waals surface area contributed by atoms with Crippen molar-refractivity contribution < 1.29 is 4.79 Å². The lowest BCUT2D eigenvalue weighted by molar-refractivity contribution is 0.102. The van der Waals surface area contributed by atoms with Crippen molar-refractivity contribution in [2.45, 2.75) is 26.7 Å². The summed E-state index contributed by atoms with van der Waals surface area (Å²) in [6.45, 7) is 7.21. The molecule has 2 aromatic carbocycles. The van der Waals surface area contributed by atoms with E-state index < -0.39 is 0 Å². The minimum absolute atomic E-state index is 0.0819. The molecule has 0 aliphatic heterocycles. The molecule has 3 heteroatoms. The zero-order chi connectivity index (χ0) is 15.2. The second-order valence-electron chi connectivity index (χ2n) is 5.34. The van der Waals surface area contributed by atoms with Crippen LogP contribution in [0.15, 0.2) is 48.5 Å². The van der Waals surface area contributed by atoms with E-state index in [0.717, 1.165) is 17.9 Å². The summed E-state index contributed by atoms with van der Waals surface area (Å²) in [5.41, 5.74) is 3.77. The van der Waals surface area contributed by atoms with Gasteiger partial charge in [-0.1, -0.05) is 26.0 Å². The number of benzene rings is 2. The fourth-order valence-electron chi connectivity index (χ4n) is 2.10. The Morgan fingerprint density at radius 2 is 1.52 bits per heavy atom. The Morgan fingerprint density at radius 1 is 0.952 bits per heavy atom. The van der Waals surface area contributed by atoms with E-state index >= 15 is 0 Å². The second kappa shape index (κ2) is 6.93. The summed E-state index contributed by atoms with van der Waals surface area (Å²) in [5.74, 6) is 0.391. The smallest absolute Gasteiger partial charge is 0.255 e. The average Bonchev–Trinajstić information content (AvgIpc) is 2.49. The molecular weight excluding hydrogens is 260 g/mol. The van der Waals surface area contributed by atoms with E-state index in [1.807, 2.05) is 48.5 Å². The highest BCUT2D eigenvalue weighted by molar-refractivity contribution is 6.04. The third-order valence-corrected chi connectivity index (χ3v) is 3.36. The molecule has 0 radical (unpaired) electrons. The van der Waals surface area contributed by atoms with Crippen LogP contribution in [0.4, 0.5) is 11.4 Å². The van der Waals surface area contributed by atoms with Gasteiger partial charge in [0.15, 0.2) is 0 Å². The van der Waals surface area contributed by atoms with E-state index in [9.17, 15) is 4.79 Å². The van der Waals surface area contributed by atoms with Crippen molar-refractivity contribution in [1.29, 1.82) is 0 Å². The molecule has 2 N–H and O–H groups in total. The normalized spacial score (nSPS) is 10.5. The fraction of sp³-hybridized carbons (Fsp3) is 0.278. The summed E-state index contributed by atoms with van der Waals surface area (Å²) in [5, 5.41) is 6.13. The Bertz CT molecular complexity index is 586. The van der Waals surface area contributed by atoms with E-state index in [-0.39, 0.29) is 5.91 Å². The van der Waals surface area contributed by atoms with Crippen molar-refractivity contribution in [2.24, 2.45) is 0 Å². The van der Waals surface area contributed by atoms with Gasteiger partial charge in [0, 0.05) is 23.5 Å². The Balaban J connectivity index is 2.03. The molecule has 0 aliphatic carbocycles. The SMILES string of the molecule is CCNc1ccc(NC(=O)c2ccc(C(C)C)cc2)cc1. The van der Waals surface area contributed by atoms with Gasteiger partial charge in [0.2, 0.25) is 0 Å². The van der Waals surface area contributed by atoms with Gasteiger partial charge in [-0.05, 0) is 54.8 Å². The number of carbonyl (C=O) groups is 1. The van der Waals surface area contributed by atoms with E-state index in [4.69, 9.17) is 0 Å². The molecule has 0 bridgehead atoms. The van der Waals surface area contributed by atoms with Crippen molar-refractivity contribution in [3.05, 3.63) is 59.7 Å². The molecule has 0 atom stereocenters. The monoisotopic (exact) mass is 282 g/mol. The van der Waals surface area contributed by atoms with Gasteiger partial charge in [0.25, 0.3) is 5.91 Å². The van der Waals surface area contributed by atoms with Gasteiger partial charge < -0.3 is 10.6 Å². The molecular formula is C18H22N2O. The zero-order valence-corrected chi connectivity index (χ0v) is 12.8. The molecule has 3 nitrogen and oxygen atoms in total. The molecule has 2 rings (SSSR count). The van der Waals surface area contributed by atoms with Crippen LogP contribution in [0.5, 0.6) is 0 Å². The Morgan fingerprint density at radius 3 is 2.05 bits per heavy atom. The van der Waals surface area contributed by atoms with Crippen LogP contribution in [0.1, 0.15) is 42.6 Å². The topological polar surface area (TPSA) is 41.1 Å². The molecule has 0 heterocycles. The molecule has 21 heavy (non-hydrogen) atoms. The van der Waals surface area contributed by atoms with Crippen LogP contribution in [-0.4, -0.2) is 12.5 Å². The highest BCUT2D eigenvalue weighted by Gasteiger charge is 2.07. The minimum Gasteiger partial charge on any atom is -0.385 e. The predicted molar refractivity (Wildman–Crippen MR) is 89.1 cm³/mol. The zero-order valence-electron chi connectivity index (χ0n) is 12.8. The van der Waals surface area contributed by atoms with E-state index in [1.54, 1.807) is 0 Å². The average molecular weight is 282 g/mol. The van der Waals surface area contributed by atoms with Gasteiger partial charge in [-0.3, -0.25) is 4.79 Å². The summed E-state index contributed by atoms with van der Waals surface area (Å²) in [4.78, 5) is 12.2. The molecule has 0 saturated heterocycles. The first-order valence-electron chi connectivity index (χ1n) is 7.35. The van der Waals surface area contributed by atoms with Gasteiger partial charge in [-0.25, -0.2) is 0 Å². The molecule has 0 spiro atoms. The highest BCUT2D eigenvalue weighted by Crippen LogP contribution is 2.17. The Kier molecular flexibility index (Phi) is 4.99. The molecule has 0 saturated carbocycles. The number of rotatable bonds is 5. The summed E-state index contributed by atoms with van der Waals surface area (Å²) >= 11 is 0. The molecule has 0 aromatic heterocycles. The van der Waals surface area contributed by atoms with E-state index in [2.05, 4.69) is 31.4 Å². The van der Waals surface area contributed by atoms with Crippen LogP contribution in [0, 0.1) is 0 Å². The van der Waals surface area contributed by atoms with Crippen molar-refractivity contribution >= 4 is 17.3 Å². The minimum atomic E-state index is -0.0819. The van der Waals surface area contributed by atoms with Crippen LogP contribution in [0.3, 0.4) is 0 Å². The summed E-state index contributed by atoms with van der Waals surface area (Å²) in [7, 11) is 0. The molecule has 0 unspecified atom stereocenters. The van der Waals surface area contributed by atoms with Gasteiger partial charge >= 0.3 is 0 Å². The van der Waals surface area contributed by atoms with Gasteiger partial charge in [0.05, 0.1) is 0 Å². The van der Waals surface area contributed by atoms with Crippen molar-refractivity contribution in [3.8, 4) is 0 Å². The molecule has 0 fully saturated rings. The molecule has 1 amide bonds. The van der Waals surface area contributed by atoms with Crippen molar-refractivity contribution in [2.75, 3.05) is 17.2 Å². The second-order valence-corrected chi connectivity index (χ2v) is 5.34. The van der Waals surface area contributed by atoms with Crippen LogP contribution in [0.25, 0.3) is 0 Å². The van der Waals surface area contributed by atoms with Crippen LogP contribution >= 0.6 is 0 Å². The maximum Gasteiger partial charge on any atom is 0.255 e. The number of hydrogen-bond donors (Lipinski definition) is 2. The van der Waals surface area contributed by atoms with Crippen LogP contribution < -0.4 is 10.6 Å². The largest absolute Gasteiger partial charge is 0.385 e. The van der Waals surface area contributed by atoms with Crippen molar-refractivity contribution in [3.63, 3.8) is 0 Å². The van der Waals surface area contributed by atoms with E-state index in [1.165, 1.54) is 5.56 Å². The summed E-state index contributed by atoms with van der Waals surface area (Å²) < 4.78 is 0. The summed E-state index contributed by atoms with van der Waals surface area (Å²) in [6, 6.07) is 15.5. The third kappa shape index (κ3) is 4.09. The Labute approximate surface area is 126 Å². The standard InChI is InChI=1S/C18H22N2O/c1-4-19-16-9-11-17(12-10-16)20-18(21)15-7-5-14(6-8-15)13(2)3/h5-13,19H,4H2,1-3H3,(H,20,21). The van der Waals surface area contributed by atoms with Crippen LogP contribution in [-0.2, 0) is 0 Å². The molecule has 2 aromatic rings. The lowest BCUT2D eigenvalue weighted by Gasteiger charge is -2.09. The number of carbonyl (C=O) groups excluding carboxylic acids is 1. The first-order chi connectivity index (χ1) is 10.1. The lowest BCUT2D eigenvalue weighted by atomic mass is 10.0. The van der Waals surface area contributed by atoms with E-state index in [0.29, 0.717) is 11.5 Å². The third-order valence-electron chi connectivity index (χ3n) is 3.36. The van der Waals surface area contributed by atoms with Crippen molar-refractivity contribution in [1.82, 2.24) is 0 Å². The number of anilines is 2.